The summed E-state index contributed by atoms with van der Waals surface area (Å²) in [4.78, 5) is 25.7. The van der Waals surface area contributed by atoms with E-state index in [1.54, 1.807) is 37.4 Å². The molecule has 2 aromatic carbocycles. The van der Waals surface area contributed by atoms with Crippen molar-refractivity contribution in [3.63, 3.8) is 0 Å². The fourth-order valence-electron chi connectivity index (χ4n) is 4.24. The molecular formula is C26H27N7O3. The molecule has 1 fully saturated rings. The Morgan fingerprint density at radius 1 is 0.972 bits per heavy atom. The Morgan fingerprint density at radius 2 is 1.75 bits per heavy atom. The molecule has 0 unspecified atom stereocenters. The Bertz CT molecular complexity index is 1380. The van der Waals surface area contributed by atoms with Gasteiger partial charge in [0, 0.05) is 32.3 Å². The lowest BCUT2D eigenvalue weighted by Gasteiger charge is -2.34. The summed E-state index contributed by atoms with van der Waals surface area (Å²) < 4.78 is 12.4. The number of amides is 1. The molecule has 0 atom stereocenters. The summed E-state index contributed by atoms with van der Waals surface area (Å²) >= 11 is 0. The number of methoxy groups -OCH3 is 2. The van der Waals surface area contributed by atoms with Crippen LogP contribution in [0.4, 0.5) is 5.82 Å². The Hall–Kier alpha value is -4.47. The van der Waals surface area contributed by atoms with E-state index in [0.29, 0.717) is 55.4 Å². The Kier molecular flexibility index (Phi) is 6.74. The first-order chi connectivity index (χ1) is 17.7. The molecule has 1 saturated heterocycles. The minimum Gasteiger partial charge on any atom is -0.493 e. The highest BCUT2D eigenvalue weighted by Gasteiger charge is 2.24. The molecule has 10 nitrogen and oxygen atoms in total. The van der Waals surface area contributed by atoms with Crippen molar-refractivity contribution in [2.24, 2.45) is 0 Å². The number of aromatic nitrogens is 5. The first-order valence-corrected chi connectivity index (χ1v) is 11.7. The van der Waals surface area contributed by atoms with Crippen LogP contribution in [-0.2, 0) is 11.3 Å². The Balaban J connectivity index is 1.24. The molecule has 0 spiro atoms. The third kappa shape index (κ3) is 4.83. The number of nitrogens with zero attached hydrogens (tertiary/aromatic N) is 7. The van der Waals surface area contributed by atoms with Crippen LogP contribution in [0.15, 0.2) is 60.9 Å². The number of piperazine rings is 1. The molecule has 36 heavy (non-hydrogen) atoms. The molecule has 10 heteroatoms. The molecule has 1 amide bonds. The zero-order valence-electron chi connectivity index (χ0n) is 20.2. The van der Waals surface area contributed by atoms with Crippen molar-refractivity contribution >= 4 is 29.0 Å². The molecule has 0 bridgehead atoms. The second-order valence-corrected chi connectivity index (χ2v) is 8.36. The van der Waals surface area contributed by atoms with Crippen LogP contribution in [-0.4, -0.2) is 76.2 Å². The standard InChI is InChI=1S/C26H27N7O3/c1-35-21-10-8-19(16-22(21)36-2)9-11-23(34)31-12-14-32(15-13-31)25-24-26(28-18-27-25)33(30-29-24)17-20-6-4-3-5-7-20/h3-11,16,18H,12-15,17H2,1-2H3/b11-9-. The Morgan fingerprint density at radius 3 is 2.50 bits per heavy atom. The maximum absolute atomic E-state index is 12.8. The summed E-state index contributed by atoms with van der Waals surface area (Å²) in [7, 11) is 3.18. The van der Waals surface area contributed by atoms with Crippen LogP contribution < -0.4 is 14.4 Å². The number of ether oxygens (including phenoxy) is 2. The fourth-order valence-corrected chi connectivity index (χ4v) is 4.24. The van der Waals surface area contributed by atoms with Crippen molar-refractivity contribution in [1.29, 1.82) is 0 Å². The SMILES string of the molecule is COc1ccc(/C=C\C(=O)N2CCN(c3ncnc4c3nnn4Cc3ccccc3)CC2)cc1OC. The lowest BCUT2D eigenvalue weighted by Crippen LogP contribution is -2.48. The molecule has 0 aliphatic carbocycles. The van der Waals surface area contributed by atoms with Crippen LogP contribution in [0.1, 0.15) is 11.1 Å². The van der Waals surface area contributed by atoms with Crippen molar-refractivity contribution in [3.05, 3.63) is 72.1 Å². The Labute approximate surface area is 208 Å². The summed E-state index contributed by atoms with van der Waals surface area (Å²) in [5, 5.41) is 8.68. The van der Waals surface area contributed by atoms with Gasteiger partial charge in [-0.2, -0.15) is 0 Å². The lowest BCUT2D eigenvalue weighted by atomic mass is 10.2. The quantitative estimate of drug-likeness (QED) is 0.369. The minimum atomic E-state index is -0.0360. The van der Waals surface area contributed by atoms with Crippen molar-refractivity contribution in [2.75, 3.05) is 45.3 Å². The van der Waals surface area contributed by atoms with Gasteiger partial charge in [0.2, 0.25) is 5.91 Å². The summed E-state index contributed by atoms with van der Waals surface area (Å²) in [6.45, 7) is 3.04. The maximum atomic E-state index is 12.8. The average molecular weight is 486 g/mol. The highest BCUT2D eigenvalue weighted by molar-refractivity contribution is 5.92. The third-order valence-electron chi connectivity index (χ3n) is 6.17. The highest BCUT2D eigenvalue weighted by Crippen LogP contribution is 2.28. The lowest BCUT2D eigenvalue weighted by molar-refractivity contribution is -0.126. The minimum absolute atomic E-state index is 0.0360. The van der Waals surface area contributed by atoms with E-state index in [1.165, 1.54) is 0 Å². The normalized spacial score (nSPS) is 13.9. The van der Waals surface area contributed by atoms with E-state index in [0.717, 1.165) is 16.9 Å². The van der Waals surface area contributed by atoms with Crippen LogP contribution in [0.2, 0.25) is 0 Å². The summed E-state index contributed by atoms with van der Waals surface area (Å²) in [5.74, 6) is 1.98. The highest BCUT2D eigenvalue weighted by atomic mass is 16.5. The molecule has 2 aromatic heterocycles. The molecule has 4 aromatic rings. The van der Waals surface area contributed by atoms with E-state index in [2.05, 4.69) is 25.2 Å². The number of fused-ring (bicyclic) bond motifs is 1. The fraction of sp³-hybridized carbons (Fsp3) is 0.269. The zero-order chi connectivity index (χ0) is 24.9. The van der Waals surface area contributed by atoms with E-state index in [1.807, 2.05) is 53.4 Å². The largest absolute Gasteiger partial charge is 0.493 e. The number of hydrogen-bond donors (Lipinski definition) is 0. The molecule has 184 valence electrons. The van der Waals surface area contributed by atoms with Crippen LogP contribution in [0, 0.1) is 0 Å². The van der Waals surface area contributed by atoms with E-state index < -0.39 is 0 Å². The predicted octanol–water partition coefficient (Wildman–Crippen LogP) is 2.65. The van der Waals surface area contributed by atoms with E-state index in [9.17, 15) is 4.79 Å². The number of anilines is 1. The van der Waals surface area contributed by atoms with E-state index in [4.69, 9.17) is 9.47 Å². The summed E-state index contributed by atoms with van der Waals surface area (Å²) in [5.41, 5.74) is 3.35. The van der Waals surface area contributed by atoms with Gasteiger partial charge >= 0.3 is 0 Å². The van der Waals surface area contributed by atoms with Gasteiger partial charge in [0.1, 0.15) is 6.33 Å². The summed E-state index contributed by atoms with van der Waals surface area (Å²) in [6, 6.07) is 15.6. The van der Waals surface area contributed by atoms with Gasteiger partial charge in [-0.3, -0.25) is 4.79 Å². The first kappa shape index (κ1) is 23.3. The summed E-state index contributed by atoms with van der Waals surface area (Å²) in [6.07, 6.45) is 4.93. The van der Waals surface area contributed by atoms with Crippen LogP contribution >= 0.6 is 0 Å². The van der Waals surface area contributed by atoms with Gasteiger partial charge in [-0.15, -0.1) is 5.10 Å². The van der Waals surface area contributed by atoms with Crippen molar-refractivity contribution < 1.29 is 14.3 Å². The molecule has 0 N–H and O–H groups in total. The molecule has 0 saturated carbocycles. The molecule has 5 rings (SSSR count). The van der Waals surface area contributed by atoms with Crippen molar-refractivity contribution in [2.45, 2.75) is 6.54 Å². The van der Waals surface area contributed by atoms with Gasteiger partial charge in [0.15, 0.2) is 28.5 Å². The smallest absolute Gasteiger partial charge is 0.246 e. The maximum Gasteiger partial charge on any atom is 0.246 e. The second kappa shape index (κ2) is 10.4. The number of rotatable bonds is 7. The second-order valence-electron chi connectivity index (χ2n) is 8.36. The molecule has 0 radical (unpaired) electrons. The van der Waals surface area contributed by atoms with E-state index >= 15 is 0 Å². The molecule has 1 aliphatic rings. The number of carbonyl (C=O) groups excluding carboxylic acids is 1. The van der Waals surface area contributed by atoms with Crippen molar-refractivity contribution in [3.8, 4) is 11.5 Å². The van der Waals surface area contributed by atoms with Gasteiger partial charge in [-0.25, -0.2) is 14.6 Å². The monoisotopic (exact) mass is 485 g/mol. The zero-order valence-corrected chi connectivity index (χ0v) is 20.2. The number of carbonyl (C=O) groups is 1. The van der Waals surface area contributed by atoms with Gasteiger partial charge in [-0.1, -0.05) is 41.6 Å². The topological polar surface area (TPSA) is 98.5 Å². The number of hydrogen-bond acceptors (Lipinski definition) is 8. The van der Waals surface area contributed by atoms with Crippen molar-refractivity contribution in [1.82, 2.24) is 29.9 Å². The van der Waals surface area contributed by atoms with Gasteiger partial charge < -0.3 is 19.3 Å². The van der Waals surface area contributed by atoms with Crippen LogP contribution in [0.3, 0.4) is 0 Å². The van der Waals surface area contributed by atoms with Gasteiger partial charge in [0.05, 0.1) is 20.8 Å². The van der Waals surface area contributed by atoms with Crippen LogP contribution in [0.5, 0.6) is 11.5 Å². The predicted molar refractivity (Wildman–Crippen MR) is 136 cm³/mol. The van der Waals surface area contributed by atoms with Crippen LogP contribution in [0.25, 0.3) is 17.2 Å². The third-order valence-corrected chi connectivity index (χ3v) is 6.17. The van der Waals surface area contributed by atoms with Gasteiger partial charge in [-0.05, 0) is 29.3 Å². The average Bonchev–Trinajstić information content (AvgIpc) is 3.35. The molecule has 3 heterocycles. The molecule has 1 aliphatic heterocycles. The number of benzene rings is 2. The van der Waals surface area contributed by atoms with Gasteiger partial charge in [0.25, 0.3) is 0 Å². The van der Waals surface area contributed by atoms with E-state index in [-0.39, 0.29) is 5.91 Å². The first-order valence-electron chi connectivity index (χ1n) is 11.7. The molecular weight excluding hydrogens is 458 g/mol.